The van der Waals surface area contributed by atoms with E-state index < -0.39 is 5.97 Å². The van der Waals surface area contributed by atoms with E-state index in [9.17, 15) is 9.59 Å². The third-order valence-electron chi connectivity index (χ3n) is 4.14. The van der Waals surface area contributed by atoms with Gasteiger partial charge in [-0.15, -0.1) is 0 Å². The molecular formula is C17H24N2O3. The van der Waals surface area contributed by atoms with Gasteiger partial charge < -0.3 is 15.3 Å². The summed E-state index contributed by atoms with van der Waals surface area (Å²) in [6.07, 6.45) is 2.64. The summed E-state index contributed by atoms with van der Waals surface area (Å²) in [7, 11) is 0. The second kappa shape index (κ2) is 7.94. The maximum Gasteiger partial charge on any atom is 0.304 e. The van der Waals surface area contributed by atoms with Crippen LogP contribution in [0.1, 0.15) is 43.0 Å². The number of para-hydroxylation sites is 1. The predicted octanol–water partition coefficient (Wildman–Crippen LogP) is 2.63. The van der Waals surface area contributed by atoms with E-state index in [4.69, 9.17) is 5.11 Å². The van der Waals surface area contributed by atoms with Gasteiger partial charge in [0.15, 0.2) is 5.78 Å². The van der Waals surface area contributed by atoms with Crippen LogP contribution in [-0.2, 0) is 4.79 Å². The zero-order chi connectivity index (χ0) is 15.9. The minimum Gasteiger partial charge on any atom is -0.481 e. The molecule has 5 heteroatoms. The normalized spacial score (nSPS) is 16.4. The first-order valence-electron chi connectivity index (χ1n) is 7.93. The molecule has 0 aromatic heterocycles. The van der Waals surface area contributed by atoms with Crippen molar-refractivity contribution in [1.82, 2.24) is 4.90 Å². The van der Waals surface area contributed by atoms with E-state index in [1.54, 1.807) is 0 Å². The molecule has 1 aromatic carbocycles. The third kappa shape index (κ3) is 4.56. The van der Waals surface area contributed by atoms with Crippen LogP contribution in [0.15, 0.2) is 24.3 Å². The van der Waals surface area contributed by atoms with Gasteiger partial charge in [0.05, 0.1) is 6.42 Å². The topological polar surface area (TPSA) is 69.6 Å². The van der Waals surface area contributed by atoms with Crippen molar-refractivity contribution in [3.8, 4) is 0 Å². The van der Waals surface area contributed by atoms with Crippen LogP contribution in [0, 0.1) is 0 Å². The molecule has 0 bridgehead atoms. The van der Waals surface area contributed by atoms with Crippen LogP contribution in [0.3, 0.4) is 0 Å². The van der Waals surface area contributed by atoms with E-state index in [0.29, 0.717) is 19.0 Å². The molecule has 1 aliphatic rings. The minimum atomic E-state index is -0.743. The summed E-state index contributed by atoms with van der Waals surface area (Å²) in [6.45, 7) is 4.29. The summed E-state index contributed by atoms with van der Waals surface area (Å²) in [5.74, 6) is -0.589. The summed E-state index contributed by atoms with van der Waals surface area (Å²) < 4.78 is 0. The number of carboxylic acids is 1. The number of nitrogens with one attached hydrogen (secondary N) is 1. The highest BCUT2D eigenvalue weighted by Crippen LogP contribution is 2.21. The number of piperidine rings is 1. The van der Waals surface area contributed by atoms with Crippen LogP contribution >= 0.6 is 0 Å². The number of ketones is 1. The minimum absolute atomic E-state index is 0.155. The first-order chi connectivity index (χ1) is 10.6. The largest absolute Gasteiger partial charge is 0.481 e. The Morgan fingerprint density at radius 2 is 1.95 bits per heavy atom. The molecule has 1 aliphatic heterocycles. The smallest absolute Gasteiger partial charge is 0.304 e. The first kappa shape index (κ1) is 16.5. The number of hydrogen-bond donors (Lipinski definition) is 2. The molecule has 0 atom stereocenters. The summed E-state index contributed by atoms with van der Waals surface area (Å²) >= 11 is 0. The van der Waals surface area contributed by atoms with Crippen molar-refractivity contribution in [3.63, 3.8) is 0 Å². The number of hydrogen-bond acceptors (Lipinski definition) is 4. The molecule has 1 heterocycles. The number of Topliss-reactive ketones (excluding diaryl/α,β-unsaturated/α-hetero) is 1. The average Bonchev–Trinajstić information content (AvgIpc) is 2.54. The van der Waals surface area contributed by atoms with Crippen molar-refractivity contribution in [2.75, 3.05) is 25.0 Å². The second-order valence-electron chi connectivity index (χ2n) is 5.73. The highest BCUT2D eigenvalue weighted by molar-refractivity contribution is 6.01. The zero-order valence-electron chi connectivity index (χ0n) is 13.0. The van der Waals surface area contributed by atoms with E-state index in [2.05, 4.69) is 10.2 Å². The Hall–Kier alpha value is -1.88. The molecule has 2 N–H and O–H groups in total. The molecule has 120 valence electrons. The molecule has 0 aliphatic carbocycles. The number of likely N-dealkylation sites (tertiary alicyclic amines) is 1. The van der Waals surface area contributed by atoms with Crippen molar-refractivity contribution in [2.45, 2.75) is 38.6 Å². The fourth-order valence-electron chi connectivity index (χ4n) is 2.82. The Kier molecular flexibility index (Phi) is 5.95. The van der Waals surface area contributed by atoms with Crippen molar-refractivity contribution in [1.29, 1.82) is 0 Å². The van der Waals surface area contributed by atoms with E-state index in [-0.39, 0.29) is 12.2 Å². The van der Waals surface area contributed by atoms with Gasteiger partial charge in [-0.3, -0.25) is 9.59 Å². The quantitative estimate of drug-likeness (QED) is 0.758. The number of anilines is 1. The van der Waals surface area contributed by atoms with Crippen LogP contribution in [-0.4, -0.2) is 47.4 Å². The zero-order valence-corrected chi connectivity index (χ0v) is 13.0. The van der Waals surface area contributed by atoms with E-state index in [1.165, 1.54) is 0 Å². The number of rotatable bonds is 7. The molecule has 0 unspecified atom stereocenters. The van der Waals surface area contributed by atoms with Gasteiger partial charge in [-0.25, -0.2) is 0 Å². The van der Waals surface area contributed by atoms with Crippen LogP contribution < -0.4 is 5.32 Å². The highest BCUT2D eigenvalue weighted by Gasteiger charge is 2.20. The number of carboxylic acid groups (broad SMARTS) is 1. The summed E-state index contributed by atoms with van der Waals surface area (Å²) in [4.78, 5) is 24.8. The third-order valence-corrected chi connectivity index (χ3v) is 4.14. The maximum atomic E-state index is 12.0. The molecule has 2 rings (SSSR count). The summed E-state index contributed by atoms with van der Waals surface area (Å²) in [5, 5.41) is 12.2. The Balaban J connectivity index is 1.88. The van der Waals surface area contributed by atoms with E-state index in [0.717, 1.165) is 37.2 Å². The predicted molar refractivity (Wildman–Crippen MR) is 86.4 cm³/mol. The first-order valence-corrected chi connectivity index (χ1v) is 7.93. The molecule has 0 amide bonds. The van der Waals surface area contributed by atoms with Gasteiger partial charge in [-0.2, -0.15) is 0 Å². The number of carbonyl (C=O) groups excluding carboxylic acids is 1. The molecule has 5 nitrogen and oxygen atoms in total. The average molecular weight is 304 g/mol. The van der Waals surface area contributed by atoms with Crippen molar-refractivity contribution >= 4 is 17.4 Å². The van der Waals surface area contributed by atoms with Crippen LogP contribution in [0.2, 0.25) is 0 Å². The van der Waals surface area contributed by atoms with Gasteiger partial charge in [-0.05, 0) is 25.0 Å². The lowest BCUT2D eigenvalue weighted by Crippen LogP contribution is -2.40. The van der Waals surface area contributed by atoms with Gasteiger partial charge in [0.25, 0.3) is 0 Å². The lowest BCUT2D eigenvalue weighted by Gasteiger charge is -2.32. The monoisotopic (exact) mass is 304 g/mol. The van der Waals surface area contributed by atoms with E-state index in [1.807, 2.05) is 31.2 Å². The van der Waals surface area contributed by atoms with Crippen LogP contribution in [0.4, 0.5) is 5.69 Å². The summed E-state index contributed by atoms with van der Waals surface area (Å²) in [5.41, 5.74) is 1.68. The molecule has 0 spiro atoms. The van der Waals surface area contributed by atoms with Gasteiger partial charge in [-0.1, -0.05) is 19.1 Å². The van der Waals surface area contributed by atoms with Gasteiger partial charge in [0, 0.05) is 43.3 Å². The van der Waals surface area contributed by atoms with Crippen molar-refractivity contribution in [2.24, 2.45) is 0 Å². The Morgan fingerprint density at radius 3 is 2.59 bits per heavy atom. The maximum absolute atomic E-state index is 12.0. The number of aliphatic carboxylic acids is 1. The molecule has 1 aromatic rings. The van der Waals surface area contributed by atoms with Crippen LogP contribution in [0.25, 0.3) is 0 Å². The molecule has 22 heavy (non-hydrogen) atoms. The Bertz CT molecular complexity index is 522. The highest BCUT2D eigenvalue weighted by atomic mass is 16.4. The van der Waals surface area contributed by atoms with Crippen molar-refractivity contribution in [3.05, 3.63) is 29.8 Å². The Labute approximate surface area is 131 Å². The number of nitrogens with zero attached hydrogens (tertiary/aromatic N) is 1. The van der Waals surface area contributed by atoms with Gasteiger partial charge in [0.1, 0.15) is 0 Å². The number of benzene rings is 1. The van der Waals surface area contributed by atoms with Crippen LogP contribution in [0.5, 0.6) is 0 Å². The molecule has 1 fully saturated rings. The van der Waals surface area contributed by atoms with Gasteiger partial charge in [0.2, 0.25) is 0 Å². The molecule has 1 saturated heterocycles. The molecule has 0 saturated carbocycles. The SMILES string of the molecule is CCC(=O)c1ccccc1NC1CCN(CCC(=O)O)CC1. The molecule has 0 radical (unpaired) electrons. The fourth-order valence-corrected chi connectivity index (χ4v) is 2.82. The standard InChI is InChI=1S/C17H24N2O3/c1-2-16(20)14-5-3-4-6-15(14)18-13-7-10-19(11-8-13)12-9-17(21)22/h3-6,13,18H,2,7-12H2,1H3,(H,21,22). The van der Waals surface area contributed by atoms with Gasteiger partial charge >= 0.3 is 5.97 Å². The number of carbonyl (C=O) groups is 2. The summed E-state index contributed by atoms with van der Waals surface area (Å²) in [6, 6.07) is 8.00. The second-order valence-corrected chi connectivity index (χ2v) is 5.73. The molecular weight excluding hydrogens is 280 g/mol. The Morgan fingerprint density at radius 1 is 1.27 bits per heavy atom. The van der Waals surface area contributed by atoms with E-state index >= 15 is 0 Å². The lowest BCUT2D eigenvalue weighted by atomic mass is 10.0. The van der Waals surface area contributed by atoms with Crippen molar-refractivity contribution < 1.29 is 14.7 Å². The lowest BCUT2D eigenvalue weighted by molar-refractivity contribution is -0.137. The fraction of sp³-hybridized carbons (Fsp3) is 0.529.